The van der Waals surface area contributed by atoms with Gasteiger partial charge in [-0.05, 0) is 30.5 Å². The summed E-state index contributed by atoms with van der Waals surface area (Å²) in [7, 11) is 0. The topological polar surface area (TPSA) is 113 Å². The van der Waals surface area contributed by atoms with Crippen LogP contribution in [-0.4, -0.2) is 28.5 Å². The van der Waals surface area contributed by atoms with Crippen LogP contribution >= 0.6 is 0 Å². The number of nitrogens with one attached hydrogen (secondary N) is 2. The van der Waals surface area contributed by atoms with Gasteiger partial charge in [0.25, 0.3) is 5.56 Å². The molecule has 2 aromatic carbocycles. The van der Waals surface area contributed by atoms with Crippen molar-refractivity contribution in [2.24, 2.45) is 5.92 Å². The lowest BCUT2D eigenvalue weighted by molar-refractivity contribution is -0.117. The number of nitrogens with two attached hydrogens (primary N) is 1. The normalized spacial score (nSPS) is 10.9. The van der Waals surface area contributed by atoms with Crippen molar-refractivity contribution in [3.63, 3.8) is 0 Å². The van der Waals surface area contributed by atoms with Crippen molar-refractivity contribution >= 4 is 23.1 Å². The third-order valence-corrected chi connectivity index (χ3v) is 5.01. The Morgan fingerprint density at radius 1 is 1.09 bits per heavy atom. The van der Waals surface area contributed by atoms with Gasteiger partial charge in [-0.3, -0.25) is 19.1 Å². The van der Waals surface area contributed by atoms with Crippen molar-refractivity contribution in [1.82, 2.24) is 9.55 Å². The quantitative estimate of drug-likeness (QED) is 0.503. The third-order valence-electron chi connectivity index (χ3n) is 5.01. The summed E-state index contributed by atoms with van der Waals surface area (Å²) < 4.78 is 1.28. The number of hydrogen-bond donors (Lipinski definition) is 3. The molecule has 3 rings (SSSR count). The Balaban J connectivity index is 1.94. The maximum absolute atomic E-state index is 13.1. The summed E-state index contributed by atoms with van der Waals surface area (Å²) in [5, 5.41) is 3.09. The highest BCUT2D eigenvalue weighted by Crippen LogP contribution is 2.20. The Hall–Kier alpha value is -3.81. The SMILES string of the molecule is Cc1ccc(NCC(=O)N(CC(C)C)c2c(N)n(Cc3ccccc3)c(=O)[nH]c2=O)cc1. The van der Waals surface area contributed by atoms with Crippen LogP contribution < -0.4 is 27.2 Å². The zero-order valence-corrected chi connectivity index (χ0v) is 18.6. The number of aromatic nitrogens is 2. The lowest BCUT2D eigenvalue weighted by Crippen LogP contribution is -2.44. The van der Waals surface area contributed by atoms with Crippen LogP contribution in [0.5, 0.6) is 0 Å². The molecule has 8 nitrogen and oxygen atoms in total. The summed E-state index contributed by atoms with van der Waals surface area (Å²) in [5.41, 5.74) is 7.75. The molecule has 3 aromatic rings. The molecule has 1 aromatic heterocycles. The van der Waals surface area contributed by atoms with E-state index in [0.717, 1.165) is 16.8 Å². The third kappa shape index (κ3) is 5.46. The lowest BCUT2D eigenvalue weighted by Gasteiger charge is -2.26. The minimum absolute atomic E-state index is 0.00932. The van der Waals surface area contributed by atoms with Crippen LogP contribution in [0.15, 0.2) is 64.2 Å². The van der Waals surface area contributed by atoms with E-state index in [0.29, 0.717) is 0 Å². The molecule has 0 unspecified atom stereocenters. The lowest BCUT2D eigenvalue weighted by atomic mass is 10.2. The van der Waals surface area contributed by atoms with E-state index in [1.807, 2.05) is 75.4 Å². The fraction of sp³-hybridized carbons (Fsp3) is 0.292. The Labute approximate surface area is 186 Å². The van der Waals surface area contributed by atoms with Gasteiger partial charge in [-0.15, -0.1) is 0 Å². The number of nitrogens with zero attached hydrogens (tertiary/aromatic N) is 2. The predicted octanol–water partition coefficient (Wildman–Crippen LogP) is 2.58. The molecule has 0 saturated heterocycles. The minimum Gasteiger partial charge on any atom is -0.383 e. The largest absolute Gasteiger partial charge is 0.383 e. The van der Waals surface area contributed by atoms with E-state index in [1.54, 1.807) is 0 Å². The number of aromatic amines is 1. The second kappa shape index (κ2) is 10.00. The molecule has 1 amide bonds. The van der Waals surface area contributed by atoms with Crippen LogP contribution in [0, 0.1) is 12.8 Å². The average molecular weight is 436 g/mol. The zero-order valence-electron chi connectivity index (χ0n) is 18.6. The van der Waals surface area contributed by atoms with Gasteiger partial charge < -0.3 is 16.0 Å². The van der Waals surface area contributed by atoms with E-state index in [-0.39, 0.29) is 43.0 Å². The van der Waals surface area contributed by atoms with E-state index in [2.05, 4.69) is 10.3 Å². The molecule has 0 fully saturated rings. The highest BCUT2D eigenvalue weighted by Gasteiger charge is 2.25. The summed E-state index contributed by atoms with van der Waals surface area (Å²) in [5.74, 6) is -0.278. The van der Waals surface area contributed by atoms with Crippen molar-refractivity contribution in [1.29, 1.82) is 0 Å². The number of rotatable bonds is 8. The zero-order chi connectivity index (χ0) is 23.3. The predicted molar refractivity (Wildman–Crippen MR) is 128 cm³/mol. The number of anilines is 3. The molecule has 8 heteroatoms. The molecule has 0 radical (unpaired) electrons. The molecule has 168 valence electrons. The van der Waals surface area contributed by atoms with Crippen molar-refractivity contribution in [2.45, 2.75) is 27.3 Å². The van der Waals surface area contributed by atoms with Crippen LogP contribution in [0.25, 0.3) is 0 Å². The number of amides is 1. The molecule has 32 heavy (non-hydrogen) atoms. The van der Waals surface area contributed by atoms with Crippen LogP contribution in [0.3, 0.4) is 0 Å². The summed E-state index contributed by atoms with van der Waals surface area (Å²) in [6, 6.07) is 17.0. The van der Waals surface area contributed by atoms with Gasteiger partial charge in [-0.1, -0.05) is 61.9 Å². The standard InChI is InChI=1S/C24H29N5O3/c1-16(2)14-28(20(30)13-26-19-11-9-17(3)10-12-19)21-22(25)29(24(32)27-23(21)31)15-18-7-5-4-6-8-18/h4-12,16,26H,13-15,25H2,1-3H3,(H,27,31,32). The first-order chi connectivity index (χ1) is 15.3. The molecular formula is C24H29N5O3. The first-order valence-electron chi connectivity index (χ1n) is 10.5. The molecular weight excluding hydrogens is 406 g/mol. The first-order valence-corrected chi connectivity index (χ1v) is 10.5. The number of aryl methyl sites for hydroxylation is 1. The summed E-state index contributed by atoms with van der Waals surface area (Å²) in [6.45, 7) is 6.31. The van der Waals surface area contributed by atoms with Crippen LogP contribution in [0.1, 0.15) is 25.0 Å². The Kier molecular flexibility index (Phi) is 7.14. The smallest absolute Gasteiger partial charge is 0.330 e. The van der Waals surface area contributed by atoms with Crippen LogP contribution in [-0.2, 0) is 11.3 Å². The number of nitrogen functional groups attached to an aromatic ring is 1. The van der Waals surface area contributed by atoms with Gasteiger partial charge in [0.1, 0.15) is 5.82 Å². The molecule has 0 aliphatic carbocycles. The number of carbonyl (C=O) groups is 1. The first kappa shape index (κ1) is 22.9. The van der Waals surface area contributed by atoms with Crippen molar-refractivity contribution in [3.05, 3.63) is 86.6 Å². The van der Waals surface area contributed by atoms with Gasteiger partial charge in [0.05, 0.1) is 13.1 Å². The minimum atomic E-state index is -0.679. The Bertz CT molecular complexity index is 1180. The monoisotopic (exact) mass is 435 g/mol. The number of hydrogen-bond acceptors (Lipinski definition) is 5. The van der Waals surface area contributed by atoms with E-state index in [9.17, 15) is 14.4 Å². The van der Waals surface area contributed by atoms with Gasteiger partial charge in [0.15, 0.2) is 5.69 Å². The summed E-state index contributed by atoms with van der Waals surface area (Å²) in [4.78, 5) is 42.0. The fourth-order valence-electron chi connectivity index (χ4n) is 3.39. The molecule has 4 N–H and O–H groups in total. The summed E-state index contributed by atoms with van der Waals surface area (Å²) in [6.07, 6.45) is 0. The van der Waals surface area contributed by atoms with E-state index >= 15 is 0 Å². The van der Waals surface area contributed by atoms with Gasteiger partial charge >= 0.3 is 5.69 Å². The Morgan fingerprint density at radius 3 is 2.38 bits per heavy atom. The van der Waals surface area contributed by atoms with Gasteiger partial charge in [-0.2, -0.15) is 0 Å². The number of benzene rings is 2. The maximum Gasteiger partial charge on any atom is 0.330 e. The van der Waals surface area contributed by atoms with Crippen LogP contribution in [0.2, 0.25) is 0 Å². The van der Waals surface area contributed by atoms with Crippen molar-refractivity contribution < 1.29 is 4.79 Å². The molecule has 0 spiro atoms. The van der Waals surface area contributed by atoms with Gasteiger partial charge in [-0.25, -0.2) is 4.79 Å². The highest BCUT2D eigenvalue weighted by molar-refractivity contribution is 5.98. The second-order valence-electron chi connectivity index (χ2n) is 8.18. The van der Waals surface area contributed by atoms with E-state index < -0.39 is 11.2 Å². The highest BCUT2D eigenvalue weighted by atomic mass is 16.2. The fourth-order valence-corrected chi connectivity index (χ4v) is 3.39. The molecule has 0 aliphatic heterocycles. The van der Waals surface area contributed by atoms with Crippen molar-refractivity contribution in [3.8, 4) is 0 Å². The van der Waals surface area contributed by atoms with Gasteiger partial charge in [0, 0.05) is 12.2 Å². The van der Waals surface area contributed by atoms with E-state index in [1.165, 1.54) is 9.47 Å². The second-order valence-corrected chi connectivity index (χ2v) is 8.18. The molecule has 1 heterocycles. The molecule has 0 saturated carbocycles. The number of carbonyl (C=O) groups excluding carboxylic acids is 1. The Morgan fingerprint density at radius 2 is 1.75 bits per heavy atom. The van der Waals surface area contributed by atoms with Crippen molar-refractivity contribution in [2.75, 3.05) is 29.0 Å². The van der Waals surface area contributed by atoms with Gasteiger partial charge in [0.2, 0.25) is 5.91 Å². The average Bonchev–Trinajstić information content (AvgIpc) is 2.75. The van der Waals surface area contributed by atoms with E-state index in [4.69, 9.17) is 5.73 Å². The maximum atomic E-state index is 13.1. The molecule has 0 aliphatic rings. The number of H-pyrrole nitrogens is 1. The molecule has 0 atom stereocenters. The summed E-state index contributed by atoms with van der Waals surface area (Å²) >= 11 is 0. The van der Waals surface area contributed by atoms with Crippen LogP contribution in [0.4, 0.5) is 17.2 Å². The molecule has 0 bridgehead atoms.